The zero-order valence-corrected chi connectivity index (χ0v) is 11.4. The minimum atomic E-state index is -0.431. The molecule has 1 saturated heterocycles. The molecular weight excluding hydrogens is 240 g/mol. The van der Waals surface area contributed by atoms with Gasteiger partial charge in [0.1, 0.15) is 18.5 Å². The lowest BCUT2D eigenvalue weighted by molar-refractivity contribution is 0.0617. The minimum absolute atomic E-state index is 0.338. The first-order valence-electron chi connectivity index (χ1n) is 7.10. The molecular formula is C15H24N2O2. The number of piperidine rings is 1. The predicted molar refractivity (Wildman–Crippen MR) is 76.1 cm³/mol. The molecule has 1 fully saturated rings. The topological polar surface area (TPSA) is 58.7 Å². The van der Waals surface area contributed by atoms with Crippen LogP contribution in [0.1, 0.15) is 24.8 Å². The molecule has 4 heteroatoms. The van der Waals surface area contributed by atoms with Gasteiger partial charge in [-0.05, 0) is 43.6 Å². The lowest BCUT2D eigenvalue weighted by Crippen LogP contribution is -2.38. The van der Waals surface area contributed by atoms with Gasteiger partial charge in [-0.15, -0.1) is 0 Å². The highest BCUT2D eigenvalue weighted by Crippen LogP contribution is 2.14. The molecule has 1 atom stereocenters. The average Bonchev–Trinajstić information content (AvgIpc) is 2.46. The van der Waals surface area contributed by atoms with Crippen LogP contribution in [-0.4, -0.2) is 42.4 Å². The number of aliphatic hydroxyl groups excluding tert-OH is 1. The third-order valence-corrected chi connectivity index (χ3v) is 3.49. The van der Waals surface area contributed by atoms with Gasteiger partial charge in [-0.25, -0.2) is 0 Å². The molecule has 0 aliphatic carbocycles. The van der Waals surface area contributed by atoms with Crippen LogP contribution in [0.2, 0.25) is 0 Å². The maximum atomic E-state index is 10.00. The molecule has 1 aromatic carbocycles. The Hall–Kier alpha value is -1.10. The summed E-state index contributed by atoms with van der Waals surface area (Å²) in [7, 11) is 0. The molecule has 1 aliphatic rings. The number of hydrogen-bond acceptors (Lipinski definition) is 4. The Morgan fingerprint density at radius 1 is 1.26 bits per heavy atom. The molecule has 0 spiro atoms. The number of nitrogens with zero attached hydrogens (tertiary/aromatic N) is 1. The van der Waals surface area contributed by atoms with Crippen molar-refractivity contribution in [1.82, 2.24) is 4.90 Å². The van der Waals surface area contributed by atoms with Crippen molar-refractivity contribution in [2.75, 3.05) is 26.2 Å². The molecule has 4 nitrogen and oxygen atoms in total. The summed E-state index contributed by atoms with van der Waals surface area (Å²) in [4.78, 5) is 2.31. The number of hydrogen-bond donors (Lipinski definition) is 2. The lowest BCUT2D eigenvalue weighted by atomic mass is 10.1. The van der Waals surface area contributed by atoms with Crippen LogP contribution in [-0.2, 0) is 6.54 Å². The molecule has 0 bridgehead atoms. The number of nitrogens with two attached hydrogens (primary N) is 1. The second-order valence-corrected chi connectivity index (χ2v) is 5.18. The van der Waals surface area contributed by atoms with E-state index in [1.807, 2.05) is 24.3 Å². The van der Waals surface area contributed by atoms with Crippen molar-refractivity contribution in [1.29, 1.82) is 0 Å². The number of rotatable bonds is 6. The summed E-state index contributed by atoms with van der Waals surface area (Å²) in [6.45, 7) is 3.74. The molecule has 0 amide bonds. The van der Waals surface area contributed by atoms with Crippen molar-refractivity contribution >= 4 is 0 Å². The van der Waals surface area contributed by atoms with Gasteiger partial charge in [0.15, 0.2) is 0 Å². The number of ether oxygens (including phenoxy) is 1. The molecule has 0 radical (unpaired) electrons. The zero-order valence-electron chi connectivity index (χ0n) is 11.4. The third kappa shape index (κ3) is 4.82. The number of aliphatic hydroxyl groups is 1. The molecule has 1 heterocycles. The summed E-state index contributed by atoms with van der Waals surface area (Å²) < 4.78 is 5.62. The fourth-order valence-electron chi connectivity index (χ4n) is 2.45. The second kappa shape index (κ2) is 7.48. The number of β-amino-alcohol motifs (C(OH)–C–C–N with tert-alkyl or cyclic N) is 1. The Balaban J connectivity index is 1.74. The predicted octanol–water partition coefficient (Wildman–Crippen LogP) is 1.37. The Morgan fingerprint density at radius 3 is 2.79 bits per heavy atom. The van der Waals surface area contributed by atoms with E-state index in [2.05, 4.69) is 4.90 Å². The molecule has 1 unspecified atom stereocenters. The van der Waals surface area contributed by atoms with Gasteiger partial charge in [0.2, 0.25) is 0 Å². The van der Waals surface area contributed by atoms with Crippen LogP contribution in [0.4, 0.5) is 0 Å². The standard InChI is InChI=1S/C15H24N2O2/c16-10-13-5-4-6-15(9-13)19-12-14(18)11-17-7-2-1-3-8-17/h4-6,9,14,18H,1-3,7-8,10-12,16H2. The Bertz CT molecular complexity index is 378. The third-order valence-electron chi connectivity index (χ3n) is 3.49. The van der Waals surface area contributed by atoms with E-state index in [9.17, 15) is 5.11 Å². The van der Waals surface area contributed by atoms with Gasteiger partial charge < -0.3 is 20.5 Å². The maximum absolute atomic E-state index is 10.00. The molecule has 0 aromatic heterocycles. The fraction of sp³-hybridized carbons (Fsp3) is 0.600. The van der Waals surface area contributed by atoms with Crippen molar-refractivity contribution in [2.24, 2.45) is 5.73 Å². The van der Waals surface area contributed by atoms with E-state index >= 15 is 0 Å². The Kier molecular flexibility index (Phi) is 5.63. The van der Waals surface area contributed by atoms with E-state index < -0.39 is 6.10 Å². The molecule has 3 N–H and O–H groups in total. The second-order valence-electron chi connectivity index (χ2n) is 5.18. The molecule has 1 aliphatic heterocycles. The van der Waals surface area contributed by atoms with Crippen LogP contribution in [0.5, 0.6) is 5.75 Å². The van der Waals surface area contributed by atoms with Crippen LogP contribution < -0.4 is 10.5 Å². The summed E-state index contributed by atoms with van der Waals surface area (Å²) in [5, 5.41) is 10.00. The first-order valence-corrected chi connectivity index (χ1v) is 7.10. The summed E-state index contributed by atoms with van der Waals surface area (Å²) in [6.07, 6.45) is 3.37. The first kappa shape index (κ1) is 14.3. The average molecular weight is 264 g/mol. The van der Waals surface area contributed by atoms with Gasteiger partial charge in [-0.2, -0.15) is 0 Å². The highest BCUT2D eigenvalue weighted by molar-refractivity contribution is 5.28. The van der Waals surface area contributed by atoms with Gasteiger partial charge >= 0.3 is 0 Å². The summed E-state index contributed by atoms with van der Waals surface area (Å²) in [6, 6.07) is 7.71. The normalized spacial score (nSPS) is 18.2. The molecule has 2 rings (SSSR count). The van der Waals surface area contributed by atoms with E-state index in [0.29, 0.717) is 19.7 Å². The van der Waals surface area contributed by atoms with Crippen LogP contribution in [0.25, 0.3) is 0 Å². The van der Waals surface area contributed by atoms with Crippen molar-refractivity contribution in [2.45, 2.75) is 31.9 Å². The zero-order chi connectivity index (χ0) is 13.5. The summed E-state index contributed by atoms with van der Waals surface area (Å²) in [5.74, 6) is 0.778. The van der Waals surface area contributed by atoms with Gasteiger partial charge in [0.25, 0.3) is 0 Å². The van der Waals surface area contributed by atoms with Gasteiger partial charge in [-0.1, -0.05) is 18.6 Å². The molecule has 1 aromatic rings. The van der Waals surface area contributed by atoms with Crippen molar-refractivity contribution < 1.29 is 9.84 Å². The number of benzene rings is 1. The summed E-state index contributed by atoms with van der Waals surface area (Å²) >= 11 is 0. The smallest absolute Gasteiger partial charge is 0.119 e. The first-order chi connectivity index (χ1) is 9.28. The van der Waals surface area contributed by atoms with E-state index in [1.165, 1.54) is 19.3 Å². The van der Waals surface area contributed by atoms with Crippen LogP contribution in [0, 0.1) is 0 Å². The van der Waals surface area contributed by atoms with E-state index in [0.717, 1.165) is 24.4 Å². The van der Waals surface area contributed by atoms with Crippen LogP contribution in [0.15, 0.2) is 24.3 Å². The quantitative estimate of drug-likeness (QED) is 0.815. The van der Waals surface area contributed by atoms with Crippen molar-refractivity contribution in [3.05, 3.63) is 29.8 Å². The van der Waals surface area contributed by atoms with Crippen molar-refractivity contribution in [3.8, 4) is 5.75 Å². The number of likely N-dealkylation sites (tertiary alicyclic amines) is 1. The SMILES string of the molecule is NCc1cccc(OCC(O)CN2CCCCC2)c1. The monoisotopic (exact) mass is 264 g/mol. The summed E-state index contributed by atoms with van der Waals surface area (Å²) in [5.41, 5.74) is 6.63. The van der Waals surface area contributed by atoms with Crippen molar-refractivity contribution in [3.63, 3.8) is 0 Å². The van der Waals surface area contributed by atoms with E-state index in [4.69, 9.17) is 10.5 Å². The minimum Gasteiger partial charge on any atom is -0.491 e. The fourth-order valence-corrected chi connectivity index (χ4v) is 2.45. The lowest BCUT2D eigenvalue weighted by Gasteiger charge is -2.28. The van der Waals surface area contributed by atoms with Gasteiger partial charge in [-0.3, -0.25) is 0 Å². The maximum Gasteiger partial charge on any atom is 0.119 e. The molecule has 0 saturated carbocycles. The Labute approximate surface area is 115 Å². The van der Waals surface area contributed by atoms with Crippen LogP contribution in [0.3, 0.4) is 0 Å². The van der Waals surface area contributed by atoms with Crippen LogP contribution >= 0.6 is 0 Å². The van der Waals surface area contributed by atoms with Gasteiger partial charge in [0, 0.05) is 13.1 Å². The van der Waals surface area contributed by atoms with E-state index in [-0.39, 0.29) is 0 Å². The highest BCUT2D eigenvalue weighted by atomic mass is 16.5. The Morgan fingerprint density at radius 2 is 2.05 bits per heavy atom. The van der Waals surface area contributed by atoms with Gasteiger partial charge in [0.05, 0.1) is 0 Å². The largest absolute Gasteiger partial charge is 0.491 e. The highest BCUT2D eigenvalue weighted by Gasteiger charge is 2.14. The molecule has 106 valence electrons. The molecule has 19 heavy (non-hydrogen) atoms. The van der Waals surface area contributed by atoms with E-state index in [1.54, 1.807) is 0 Å².